The van der Waals surface area contributed by atoms with E-state index < -0.39 is 0 Å². The van der Waals surface area contributed by atoms with E-state index in [0.29, 0.717) is 5.41 Å². The summed E-state index contributed by atoms with van der Waals surface area (Å²) in [6, 6.07) is 8.56. The Morgan fingerprint density at radius 1 is 1.21 bits per heavy atom. The lowest BCUT2D eigenvalue weighted by molar-refractivity contribution is 0.0842. The molecule has 1 fully saturated rings. The Kier molecular flexibility index (Phi) is 2.60. The summed E-state index contributed by atoms with van der Waals surface area (Å²) >= 11 is 0. The van der Waals surface area contributed by atoms with Crippen LogP contribution in [0.4, 0.5) is 0 Å². The highest BCUT2D eigenvalue weighted by molar-refractivity contribution is 5.20. The van der Waals surface area contributed by atoms with Crippen LogP contribution in [-0.2, 0) is 11.3 Å². The summed E-state index contributed by atoms with van der Waals surface area (Å²) < 4.78 is 5.69. The topological polar surface area (TPSA) is 9.23 Å². The van der Waals surface area contributed by atoms with Crippen molar-refractivity contribution in [3.05, 3.63) is 35.4 Å². The van der Waals surface area contributed by atoms with Crippen molar-refractivity contribution in [2.24, 2.45) is 5.41 Å². The third-order valence-electron chi connectivity index (χ3n) is 2.94. The molecule has 1 aromatic carbocycles. The first-order valence-electron chi connectivity index (χ1n) is 5.31. The third kappa shape index (κ3) is 2.58. The van der Waals surface area contributed by atoms with Gasteiger partial charge in [-0.2, -0.15) is 0 Å². The van der Waals surface area contributed by atoms with E-state index in [1.54, 1.807) is 0 Å². The maximum atomic E-state index is 5.69. The number of aryl methyl sites for hydroxylation is 1. The number of ether oxygens (including phenoxy) is 1. The van der Waals surface area contributed by atoms with Gasteiger partial charge in [0.2, 0.25) is 0 Å². The standard InChI is InChI=1S/C13H18O/c1-11-3-5-12(6-4-11)9-14-10-13(2)7-8-13/h3-6H,7-10H2,1-2H3. The minimum Gasteiger partial charge on any atom is -0.376 e. The van der Waals surface area contributed by atoms with Crippen LogP contribution in [0.3, 0.4) is 0 Å². The van der Waals surface area contributed by atoms with E-state index >= 15 is 0 Å². The molecule has 1 aliphatic rings. The quantitative estimate of drug-likeness (QED) is 0.707. The van der Waals surface area contributed by atoms with E-state index in [9.17, 15) is 0 Å². The molecule has 0 radical (unpaired) electrons. The molecule has 14 heavy (non-hydrogen) atoms. The summed E-state index contributed by atoms with van der Waals surface area (Å²) in [6.45, 7) is 6.08. The predicted octanol–water partition coefficient (Wildman–Crippen LogP) is 3.31. The molecule has 0 amide bonds. The molecule has 0 aromatic heterocycles. The van der Waals surface area contributed by atoms with E-state index in [1.165, 1.54) is 24.0 Å². The molecule has 0 atom stereocenters. The fourth-order valence-electron chi connectivity index (χ4n) is 1.46. The SMILES string of the molecule is Cc1ccc(COCC2(C)CC2)cc1. The van der Waals surface area contributed by atoms with Gasteiger partial charge < -0.3 is 4.74 Å². The monoisotopic (exact) mass is 190 g/mol. The van der Waals surface area contributed by atoms with Gasteiger partial charge in [-0.05, 0) is 30.7 Å². The normalized spacial score (nSPS) is 18.1. The fraction of sp³-hybridized carbons (Fsp3) is 0.538. The largest absolute Gasteiger partial charge is 0.376 e. The van der Waals surface area contributed by atoms with Crippen molar-refractivity contribution >= 4 is 0 Å². The second-order valence-corrected chi connectivity index (χ2v) is 4.79. The molecule has 1 heteroatoms. The summed E-state index contributed by atoms with van der Waals surface area (Å²) in [5.74, 6) is 0. The molecular formula is C13H18O. The lowest BCUT2D eigenvalue weighted by atomic mass is 10.1. The molecule has 0 saturated heterocycles. The first-order valence-corrected chi connectivity index (χ1v) is 5.31. The zero-order valence-corrected chi connectivity index (χ0v) is 9.05. The van der Waals surface area contributed by atoms with Gasteiger partial charge in [0.15, 0.2) is 0 Å². The highest BCUT2D eigenvalue weighted by atomic mass is 16.5. The molecule has 0 aliphatic heterocycles. The summed E-state index contributed by atoms with van der Waals surface area (Å²) in [4.78, 5) is 0. The van der Waals surface area contributed by atoms with E-state index in [4.69, 9.17) is 4.74 Å². The van der Waals surface area contributed by atoms with Crippen molar-refractivity contribution in [2.45, 2.75) is 33.3 Å². The molecular weight excluding hydrogens is 172 g/mol. The van der Waals surface area contributed by atoms with Crippen molar-refractivity contribution in [1.82, 2.24) is 0 Å². The third-order valence-corrected chi connectivity index (χ3v) is 2.94. The van der Waals surface area contributed by atoms with Crippen LogP contribution in [-0.4, -0.2) is 6.61 Å². The second kappa shape index (κ2) is 3.74. The van der Waals surface area contributed by atoms with Gasteiger partial charge in [-0.15, -0.1) is 0 Å². The summed E-state index contributed by atoms with van der Waals surface area (Å²) in [6.07, 6.45) is 2.67. The van der Waals surface area contributed by atoms with Crippen molar-refractivity contribution in [1.29, 1.82) is 0 Å². The molecule has 1 nitrogen and oxygen atoms in total. The Bertz CT molecular complexity index is 296. The molecule has 0 bridgehead atoms. The van der Waals surface area contributed by atoms with Crippen LogP contribution in [0.5, 0.6) is 0 Å². The molecule has 1 aliphatic carbocycles. The summed E-state index contributed by atoms with van der Waals surface area (Å²) in [5, 5.41) is 0. The van der Waals surface area contributed by atoms with Gasteiger partial charge >= 0.3 is 0 Å². The van der Waals surface area contributed by atoms with Gasteiger partial charge in [0, 0.05) is 0 Å². The fourth-order valence-corrected chi connectivity index (χ4v) is 1.46. The average molecular weight is 190 g/mol. The molecule has 0 N–H and O–H groups in total. The molecule has 76 valence electrons. The van der Waals surface area contributed by atoms with E-state index in [1.807, 2.05) is 0 Å². The Morgan fingerprint density at radius 2 is 1.86 bits per heavy atom. The van der Waals surface area contributed by atoms with Gasteiger partial charge in [0.05, 0.1) is 13.2 Å². The maximum absolute atomic E-state index is 5.69. The van der Waals surface area contributed by atoms with Gasteiger partial charge in [0.1, 0.15) is 0 Å². The molecule has 0 unspecified atom stereocenters. The Labute approximate surface area is 86.1 Å². The van der Waals surface area contributed by atoms with Crippen LogP contribution in [0.2, 0.25) is 0 Å². The van der Waals surface area contributed by atoms with Gasteiger partial charge in [0.25, 0.3) is 0 Å². The predicted molar refractivity (Wildman–Crippen MR) is 58.2 cm³/mol. The van der Waals surface area contributed by atoms with E-state index in [0.717, 1.165) is 13.2 Å². The molecule has 1 aromatic rings. The van der Waals surface area contributed by atoms with Crippen LogP contribution >= 0.6 is 0 Å². The minimum atomic E-state index is 0.505. The highest BCUT2D eigenvalue weighted by Gasteiger charge is 2.37. The van der Waals surface area contributed by atoms with Crippen LogP contribution < -0.4 is 0 Å². The first kappa shape index (κ1) is 9.72. The Hall–Kier alpha value is -0.820. The van der Waals surface area contributed by atoms with Gasteiger partial charge in [-0.25, -0.2) is 0 Å². The van der Waals surface area contributed by atoms with E-state index in [-0.39, 0.29) is 0 Å². The van der Waals surface area contributed by atoms with Crippen LogP contribution in [0.25, 0.3) is 0 Å². The average Bonchev–Trinajstić information content (AvgIpc) is 2.88. The lowest BCUT2D eigenvalue weighted by Crippen LogP contribution is -2.05. The van der Waals surface area contributed by atoms with Crippen molar-refractivity contribution in [3.63, 3.8) is 0 Å². The lowest BCUT2D eigenvalue weighted by Gasteiger charge is -2.09. The molecule has 0 spiro atoms. The van der Waals surface area contributed by atoms with Gasteiger partial charge in [-0.3, -0.25) is 0 Å². The van der Waals surface area contributed by atoms with Crippen molar-refractivity contribution < 1.29 is 4.74 Å². The number of hydrogen-bond acceptors (Lipinski definition) is 1. The smallest absolute Gasteiger partial charge is 0.0717 e. The van der Waals surface area contributed by atoms with Gasteiger partial charge in [-0.1, -0.05) is 36.8 Å². The van der Waals surface area contributed by atoms with E-state index in [2.05, 4.69) is 38.1 Å². The zero-order valence-electron chi connectivity index (χ0n) is 9.05. The maximum Gasteiger partial charge on any atom is 0.0717 e. The second-order valence-electron chi connectivity index (χ2n) is 4.79. The Morgan fingerprint density at radius 3 is 2.43 bits per heavy atom. The number of rotatable bonds is 4. The zero-order chi connectivity index (χ0) is 10.0. The van der Waals surface area contributed by atoms with Crippen LogP contribution in [0.1, 0.15) is 30.9 Å². The molecule has 0 heterocycles. The molecule has 2 rings (SSSR count). The first-order chi connectivity index (χ1) is 6.68. The number of benzene rings is 1. The Balaban J connectivity index is 1.77. The van der Waals surface area contributed by atoms with Crippen molar-refractivity contribution in [3.8, 4) is 0 Å². The summed E-state index contributed by atoms with van der Waals surface area (Å²) in [5.41, 5.74) is 3.09. The summed E-state index contributed by atoms with van der Waals surface area (Å²) in [7, 11) is 0. The van der Waals surface area contributed by atoms with Crippen LogP contribution in [0, 0.1) is 12.3 Å². The highest BCUT2D eigenvalue weighted by Crippen LogP contribution is 2.45. The number of hydrogen-bond donors (Lipinski definition) is 0. The van der Waals surface area contributed by atoms with Crippen molar-refractivity contribution in [2.75, 3.05) is 6.61 Å². The minimum absolute atomic E-state index is 0.505. The van der Waals surface area contributed by atoms with Crippen LogP contribution in [0.15, 0.2) is 24.3 Å². The molecule has 1 saturated carbocycles.